The molecule has 1 unspecified atom stereocenters. The summed E-state index contributed by atoms with van der Waals surface area (Å²) < 4.78 is 1.93. The van der Waals surface area contributed by atoms with Gasteiger partial charge in [0.15, 0.2) is 5.96 Å². The van der Waals surface area contributed by atoms with Crippen molar-refractivity contribution in [3.05, 3.63) is 78.5 Å². The van der Waals surface area contributed by atoms with Gasteiger partial charge in [-0.2, -0.15) is 0 Å². The number of hydrogen-bond donors (Lipinski definition) is 1. The predicted molar refractivity (Wildman–Crippen MR) is 132 cm³/mol. The predicted octanol–water partition coefficient (Wildman–Crippen LogP) is 4.01. The van der Waals surface area contributed by atoms with Crippen LogP contribution in [-0.4, -0.2) is 45.0 Å². The van der Waals surface area contributed by atoms with Crippen molar-refractivity contribution >= 4 is 29.9 Å². The van der Waals surface area contributed by atoms with Crippen molar-refractivity contribution in [1.29, 1.82) is 0 Å². The molecule has 1 atom stereocenters. The van der Waals surface area contributed by atoms with Crippen LogP contribution in [0, 0.1) is 0 Å². The molecule has 0 amide bonds. The summed E-state index contributed by atoms with van der Waals surface area (Å²) in [4.78, 5) is 16.0. The van der Waals surface area contributed by atoms with E-state index in [4.69, 9.17) is 4.99 Å². The van der Waals surface area contributed by atoms with Crippen molar-refractivity contribution in [2.24, 2.45) is 4.99 Å². The summed E-state index contributed by atoms with van der Waals surface area (Å²) in [5.74, 6) is 1.84. The van der Waals surface area contributed by atoms with Crippen molar-refractivity contribution < 1.29 is 0 Å². The average Bonchev–Trinajstić information content (AvgIpc) is 3.43. The first-order chi connectivity index (χ1) is 14.2. The standard InChI is InChI=1S/C23H28N6.HI/c1-3-25-22(28-14-11-23(2,17-28)20-9-5-4-6-10-20)27-16-19-8-7-12-26-21(19)29-15-13-24-18-29;/h4-10,12-13,15,18H,3,11,14,16-17H2,1-2H3,(H,25,27);1H. The summed E-state index contributed by atoms with van der Waals surface area (Å²) in [7, 11) is 0. The van der Waals surface area contributed by atoms with Crippen molar-refractivity contribution in [2.75, 3.05) is 19.6 Å². The molecule has 3 heterocycles. The monoisotopic (exact) mass is 516 g/mol. The average molecular weight is 516 g/mol. The number of nitrogens with one attached hydrogen (secondary N) is 1. The summed E-state index contributed by atoms with van der Waals surface area (Å²) in [5, 5.41) is 3.47. The summed E-state index contributed by atoms with van der Waals surface area (Å²) in [6.07, 6.45) is 8.37. The highest BCUT2D eigenvalue weighted by molar-refractivity contribution is 14.0. The molecule has 1 aliphatic heterocycles. The van der Waals surface area contributed by atoms with E-state index in [9.17, 15) is 0 Å². The van der Waals surface area contributed by atoms with Gasteiger partial charge in [-0.1, -0.05) is 43.3 Å². The lowest BCUT2D eigenvalue weighted by molar-refractivity contribution is 0.438. The first kappa shape index (κ1) is 22.3. The lowest BCUT2D eigenvalue weighted by Crippen LogP contribution is -2.41. The number of guanidine groups is 1. The summed E-state index contributed by atoms with van der Waals surface area (Å²) in [6.45, 7) is 7.84. The Hall–Kier alpha value is -2.42. The van der Waals surface area contributed by atoms with Gasteiger partial charge >= 0.3 is 0 Å². The van der Waals surface area contributed by atoms with E-state index in [1.54, 1.807) is 18.7 Å². The number of aliphatic imine (C=N–C) groups is 1. The largest absolute Gasteiger partial charge is 0.357 e. The highest BCUT2D eigenvalue weighted by Crippen LogP contribution is 2.34. The fraction of sp³-hybridized carbons (Fsp3) is 0.348. The SMILES string of the molecule is CCNC(=NCc1cccnc1-n1ccnc1)N1CCC(C)(c2ccccc2)C1.I. The number of nitrogens with zero attached hydrogens (tertiary/aromatic N) is 5. The fourth-order valence-corrected chi connectivity index (χ4v) is 3.97. The zero-order chi connectivity index (χ0) is 20.1. The number of benzene rings is 1. The topological polar surface area (TPSA) is 58.3 Å². The molecule has 0 aliphatic carbocycles. The van der Waals surface area contributed by atoms with Crippen molar-refractivity contribution in [1.82, 2.24) is 24.8 Å². The van der Waals surface area contributed by atoms with Crippen LogP contribution < -0.4 is 5.32 Å². The zero-order valence-electron chi connectivity index (χ0n) is 17.5. The van der Waals surface area contributed by atoms with E-state index < -0.39 is 0 Å². The molecule has 4 rings (SSSR count). The summed E-state index contributed by atoms with van der Waals surface area (Å²) in [6, 6.07) is 14.8. The van der Waals surface area contributed by atoms with Gasteiger partial charge in [0.25, 0.3) is 0 Å². The molecule has 2 aromatic heterocycles. The normalized spacial score (nSPS) is 18.9. The molecule has 30 heavy (non-hydrogen) atoms. The second-order valence-corrected chi connectivity index (χ2v) is 7.72. The van der Waals surface area contributed by atoms with Crippen molar-refractivity contribution in [3.8, 4) is 5.82 Å². The molecule has 1 aliphatic rings. The van der Waals surface area contributed by atoms with Gasteiger partial charge in [-0.3, -0.25) is 4.57 Å². The highest BCUT2D eigenvalue weighted by atomic mass is 127. The Labute approximate surface area is 195 Å². The van der Waals surface area contributed by atoms with Gasteiger partial charge in [0.05, 0.1) is 6.54 Å². The Morgan fingerprint density at radius 3 is 2.73 bits per heavy atom. The van der Waals surface area contributed by atoms with Crippen LogP contribution in [-0.2, 0) is 12.0 Å². The molecule has 1 N–H and O–H groups in total. The maximum Gasteiger partial charge on any atom is 0.194 e. The van der Waals surface area contributed by atoms with E-state index in [1.165, 1.54) is 5.56 Å². The molecular formula is C23H29IN6. The summed E-state index contributed by atoms with van der Waals surface area (Å²) >= 11 is 0. The molecule has 1 aromatic carbocycles. The van der Waals surface area contributed by atoms with Crippen molar-refractivity contribution in [2.45, 2.75) is 32.2 Å². The molecule has 0 radical (unpaired) electrons. The van der Waals surface area contributed by atoms with E-state index in [0.29, 0.717) is 6.54 Å². The molecule has 6 nitrogen and oxygen atoms in total. The Kier molecular flexibility index (Phi) is 7.47. The van der Waals surface area contributed by atoms with Crippen molar-refractivity contribution in [3.63, 3.8) is 0 Å². The molecule has 3 aromatic rings. The van der Waals surface area contributed by atoms with E-state index in [0.717, 1.165) is 43.4 Å². The van der Waals surface area contributed by atoms with Crippen LogP contribution in [0.3, 0.4) is 0 Å². The Balaban J connectivity index is 0.00000256. The van der Waals surface area contributed by atoms with Gasteiger partial charge < -0.3 is 10.2 Å². The number of rotatable bonds is 5. The minimum absolute atomic E-state index is 0. The van der Waals surface area contributed by atoms with Gasteiger partial charge in [0.2, 0.25) is 0 Å². The van der Waals surface area contributed by atoms with Gasteiger partial charge in [-0.25, -0.2) is 15.0 Å². The van der Waals surface area contributed by atoms with E-state index in [-0.39, 0.29) is 29.4 Å². The lowest BCUT2D eigenvalue weighted by Gasteiger charge is -2.27. The molecule has 0 bridgehead atoms. The Bertz CT molecular complexity index is 957. The summed E-state index contributed by atoms with van der Waals surface area (Å²) in [5.41, 5.74) is 2.62. The minimum atomic E-state index is 0. The third-order valence-electron chi connectivity index (χ3n) is 5.59. The van der Waals surface area contributed by atoms with E-state index in [2.05, 4.69) is 70.4 Å². The van der Waals surface area contributed by atoms with Gasteiger partial charge in [-0.15, -0.1) is 24.0 Å². The third-order valence-corrected chi connectivity index (χ3v) is 5.59. The molecule has 0 saturated carbocycles. The third kappa shape index (κ3) is 4.83. The Morgan fingerprint density at radius 1 is 1.17 bits per heavy atom. The molecule has 7 heteroatoms. The molecule has 0 spiro atoms. The van der Waals surface area contributed by atoms with Gasteiger partial charge in [0, 0.05) is 49.2 Å². The number of hydrogen-bond acceptors (Lipinski definition) is 3. The first-order valence-electron chi connectivity index (χ1n) is 10.2. The number of halogens is 1. The van der Waals surface area contributed by atoms with Gasteiger partial charge in [0.1, 0.15) is 12.1 Å². The van der Waals surface area contributed by atoms with Crippen LogP contribution >= 0.6 is 24.0 Å². The number of imidazole rings is 1. The second kappa shape index (κ2) is 10.1. The first-order valence-corrected chi connectivity index (χ1v) is 10.2. The van der Waals surface area contributed by atoms with Crippen LogP contribution in [0.5, 0.6) is 0 Å². The second-order valence-electron chi connectivity index (χ2n) is 7.72. The van der Waals surface area contributed by atoms with E-state index in [1.807, 2.05) is 16.8 Å². The van der Waals surface area contributed by atoms with Crippen LogP contribution in [0.4, 0.5) is 0 Å². The van der Waals surface area contributed by atoms with Crippen LogP contribution in [0.25, 0.3) is 5.82 Å². The number of aromatic nitrogens is 3. The fourth-order valence-electron chi connectivity index (χ4n) is 3.97. The lowest BCUT2D eigenvalue weighted by atomic mass is 9.82. The highest BCUT2D eigenvalue weighted by Gasteiger charge is 2.36. The van der Waals surface area contributed by atoms with Crippen LogP contribution in [0.2, 0.25) is 0 Å². The van der Waals surface area contributed by atoms with Crippen LogP contribution in [0.1, 0.15) is 31.4 Å². The molecule has 1 saturated heterocycles. The Morgan fingerprint density at radius 2 is 2.00 bits per heavy atom. The smallest absolute Gasteiger partial charge is 0.194 e. The van der Waals surface area contributed by atoms with Gasteiger partial charge in [-0.05, 0) is 25.0 Å². The zero-order valence-corrected chi connectivity index (χ0v) is 19.9. The molecular weight excluding hydrogens is 487 g/mol. The quantitative estimate of drug-likeness (QED) is 0.316. The van der Waals surface area contributed by atoms with E-state index >= 15 is 0 Å². The molecule has 1 fully saturated rings. The minimum Gasteiger partial charge on any atom is -0.357 e. The maximum atomic E-state index is 4.95. The maximum absolute atomic E-state index is 4.95. The number of pyridine rings is 1. The molecule has 158 valence electrons. The number of likely N-dealkylation sites (tertiary alicyclic amines) is 1. The van der Waals surface area contributed by atoms with Crippen LogP contribution in [0.15, 0.2) is 72.4 Å².